The first-order valence-corrected chi connectivity index (χ1v) is 8.11. The molecule has 2 atom stereocenters. The van der Waals surface area contributed by atoms with Crippen molar-refractivity contribution in [1.29, 1.82) is 0 Å². The lowest BCUT2D eigenvalue weighted by molar-refractivity contribution is -0.275. The number of carbonyl (C=O) groups is 1. The monoisotopic (exact) mass is 344 g/mol. The summed E-state index contributed by atoms with van der Waals surface area (Å²) in [5.74, 6) is 0.0679. The van der Waals surface area contributed by atoms with E-state index < -0.39 is 6.36 Å². The van der Waals surface area contributed by atoms with Gasteiger partial charge in [0, 0.05) is 38.2 Å². The summed E-state index contributed by atoms with van der Waals surface area (Å²) in [6.45, 7) is 5.31. The molecule has 1 saturated heterocycles. The van der Waals surface area contributed by atoms with Gasteiger partial charge in [0.15, 0.2) is 0 Å². The Morgan fingerprint density at radius 2 is 2.04 bits per heavy atom. The zero-order valence-corrected chi connectivity index (χ0v) is 13.9. The molecule has 0 aromatic heterocycles. The maximum absolute atomic E-state index is 12.5. The highest BCUT2D eigenvalue weighted by molar-refractivity contribution is 5.73. The topological polar surface area (TPSA) is 41.6 Å². The Balaban J connectivity index is 2.07. The Morgan fingerprint density at radius 3 is 2.67 bits per heavy atom. The summed E-state index contributed by atoms with van der Waals surface area (Å²) in [4.78, 5) is 13.4. The summed E-state index contributed by atoms with van der Waals surface area (Å²) >= 11 is 0. The first kappa shape index (κ1) is 18.6. The van der Waals surface area contributed by atoms with Gasteiger partial charge in [-0.15, -0.1) is 13.2 Å². The van der Waals surface area contributed by atoms with E-state index in [1.165, 1.54) is 19.1 Å². The van der Waals surface area contributed by atoms with Gasteiger partial charge in [-0.25, -0.2) is 0 Å². The van der Waals surface area contributed by atoms with Crippen molar-refractivity contribution in [3.63, 3.8) is 0 Å². The Labute approximate surface area is 140 Å². The minimum Gasteiger partial charge on any atom is -0.405 e. The number of halogens is 3. The summed E-state index contributed by atoms with van der Waals surface area (Å²) in [5.41, 5.74) is 0.494. The highest BCUT2D eigenvalue weighted by atomic mass is 19.4. The fourth-order valence-corrected chi connectivity index (χ4v) is 3.28. The second-order valence-electron chi connectivity index (χ2n) is 6.21. The molecule has 0 bridgehead atoms. The van der Waals surface area contributed by atoms with Gasteiger partial charge in [-0.3, -0.25) is 9.69 Å². The van der Waals surface area contributed by atoms with Gasteiger partial charge in [0.2, 0.25) is 5.91 Å². The van der Waals surface area contributed by atoms with E-state index in [4.69, 9.17) is 0 Å². The molecule has 7 heteroatoms. The van der Waals surface area contributed by atoms with Crippen molar-refractivity contribution in [1.82, 2.24) is 10.2 Å². The molecule has 1 N–H and O–H groups in total. The summed E-state index contributed by atoms with van der Waals surface area (Å²) in [6.07, 6.45) is -2.73. The fourth-order valence-electron chi connectivity index (χ4n) is 3.28. The molecule has 0 radical (unpaired) electrons. The van der Waals surface area contributed by atoms with Crippen LogP contribution in [0.25, 0.3) is 0 Å². The number of ether oxygens (including phenoxy) is 1. The Hall–Kier alpha value is -1.76. The average molecular weight is 344 g/mol. The van der Waals surface area contributed by atoms with Crippen molar-refractivity contribution in [3.05, 3.63) is 29.8 Å². The fraction of sp³-hybridized carbons (Fsp3) is 0.588. The number of nitrogens with zero attached hydrogens (tertiary/aromatic N) is 1. The predicted molar refractivity (Wildman–Crippen MR) is 84.4 cm³/mol. The summed E-state index contributed by atoms with van der Waals surface area (Å²) in [5, 5.41) is 2.95. The molecular formula is C17H23F3N2O2. The Morgan fingerprint density at radius 1 is 1.33 bits per heavy atom. The van der Waals surface area contributed by atoms with Crippen molar-refractivity contribution in [2.75, 3.05) is 13.1 Å². The van der Waals surface area contributed by atoms with Gasteiger partial charge < -0.3 is 10.1 Å². The molecule has 134 valence electrons. The van der Waals surface area contributed by atoms with Gasteiger partial charge in [0.25, 0.3) is 0 Å². The zero-order valence-electron chi connectivity index (χ0n) is 13.9. The van der Waals surface area contributed by atoms with Gasteiger partial charge >= 0.3 is 6.36 Å². The quantitative estimate of drug-likeness (QED) is 0.861. The van der Waals surface area contributed by atoms with E-state index in [9.17, 15) is 18.0 Å². The lowest BCUT2D eigenvalue weighted by atomic mass is 9.98. The van der Waals surface area contributed by atoms with Gasteiger partial charge in [0.1, 0.15) is 5.75 Å². The lowest BCUT2D eigenvalue weighted by Crippen LogP contribution is -2.39. The van der Waals surface area contributed by atoms with Crippen LogP contribution in [0.1, 0.15) is 32.3 Å². The number of carbonyl (C=O) groups excluding carboxylic acids is 1. The first-order chi connectivity index (χ1) is 11.3. The number of amides is 1. The summed E-state index contributed by atoms with van der Waals surface area (Å²) in [6, 6.07) is 6.23. The molecule has 0 spiro atoms. The SMILES string of the molecule is CCC[C@@H]1CN(Cc2ccccc2OC(F)(F)F)C[C@H]1NC(C)=O. The number of benzene rings is 1. The van der Waals surface area contributed by atoms with Crippen molar-refractivity contribution in [2.45, 2.75) is 45.6 Å². The van der Waals surface area contributed by atoms with Gasteiger partial charge in [-0.2, -0.15) is 0 Å². The number of likely N-dealkylation sites (tertiary alicyclic amines) is 1. The third-order valence-corrected chi connectivity index (χ3v) is 4.16. The maximum Gasteiger partial charge on any atom is 0.573 e. The molecule has 0 aliphatic carbocycles. The lowest BCUT2D eigenvalue weighted by Gasteiger charge is -2.19. The summed E-state index contributed by atoms with van der Waals surface area (Å²) < 4.78 is 41.7. The van der Waals surface area contributed by atoms with Gasteiger partial charge in [-0.1, -0.05) is 31.5 Å². The smallest absolute Gasteiger partial charge is 0.405 e. The Kier molecular flexibility index (Phi) is 6.10. The molecule has 1 aromatic carbocycles. The van der Waals surface area contributed by atoms with E-state index in [0.29, 0.717) is 24.6 Å². The molecule has 1 aromatic rings. The van der Waals surface area contributed by atoms with Crippen molar-refractivity contribution in [3.8, 4) is 5.75 Å². The predicted octanol–water partition coefficient (Wildman–Crippen LogP) is 3.32. The molecule has 1 aliphatic heterocycles. The van der Waals surface area contributed by atoms with E-state index in [-0.39, 0.29) is 17.7 Å². The number of rotatable bonds is 6. The Bertz CT molecular complexity index is 563. The third kappa shape index (κ3) is 5.40. The van der Waals surface area contributed by atoms with Gasteiger partial charge in [0.05, 0.1) is 0 Å². The maximum atomic E-state index is 12.5. The minimum atomic E-state index is -4.70. The molecule has 1 fully saturated rings. The van der Waals surface area contributed by atoms with Crippen LogP contribution in [-0.4, -0.2) is 36.3 Å². The highest BCUT2D eigenvalue weighted by Gasteiger charge is 2.34. The molecule has 1 aliphatic rings. The molecule has 1 amide bonds. The average Bonchev–Trinajstić information content (AvgIpc) is 2.81. The number of hydrogen-bond donors (Lipinski definition) is 1. The summed E-state index contributed by atoms with van der Waals surface area (Å²) in [7, 11) is 0. The highest BCUT2D eigenvalue weighted by Crippen LogP contribution is 2.29. The molecule has 4 nitrogen and oxygen atoms in total. The van der Waals surface area contributed by atoms with Gasteiger partial charge in [-0.05, 0) is 18.4 Å². The number of alkyl halides is 3. The zero-order chi connectivity index (χ0) is 17.7. The van der Waals surface area contributed by atoms with Crippen molar-refractivity contribution >= 4 is 5.91 Å². The van der Waals surface area contributed by atoms with E-state index in [2.05, 4.69) is 21.9 Å². The number of hydrogen-bond acceptors (Lipinski definition) is 3. The van der Waals surface area contributed by atoms with Crippen molar-refractivity contribution in [2.24, 2.45) is 5.92 Å². The molecule has 0 saturated carbocycles. The molecule has 0 unspecified atom stereocenters. The van der Waals surface area contributed by atoms with Crippen LogP contribution in [0.4, 0.5) is 13.2 Å². The van der Waals surface area contributed by atoms with E-state index in [1.54, 1.807) is 12.1 Å². The van der Waals surface area contributed by atoms with Crippen LogP contribution in [0, 0.1) is 5.92 Å². The normalized spacial score (nSPS) is 21.7. The van der Waals surface area contributed by atoms with Crippen LogP contribution in [-0.2, 0) is 11.3 Å². The van der Waals surface area contributed by atoms with Crippen LogP contribution in [0.15, 0.2) is 24.3 Å². The molecule has 24 heavy (non-hydrogen) atoms. The van der Waals surface area contributed by atoms with Crippen LogP contribution >= 0.6 is 0 Å². The second-order valence-corrected chi connectivity index (χ2v) is 6.21. The minimum absolute atomic E-state index is 0.0400. The first-order valence-electron chi connectivity index (χ1n) is 8.11. The second kappa shape index (κ2) is 7.88. The third-order valence-electron chi connectivity index (χ3n) is 4.16. The van der Waals surface area contributed by atoms with E-state index in [0.717, 1.165) is 19.4 Å². The van der Waals surface area contributed by atoms with Crippen LogP contribution < -0.4 is 10.1 Å². The van der Waals surface area contributed by atoms with Crippen LogP contribution in [0.3, 0.4) is 0 Å². The van der Waals surface area contributed by atoms with E-state index >= 15 is 0 Å². The van der Waals surface area contributed by atoms with E-state index in [1.807, 2.05) is 0 Å². The molecular weight excluding hydrogens is 321 g/mol. The van der Waals surface area contributed by atoms with Crippen LogP contribution in [0.2, 0.25) is 0 Å². The molecule has 2 rings (SSSR count). The molecule has 1 heterocycles. The standard InChI is InChI=1S/C17H23F3N2O2/c1-3-6-13-9-22(11-15(13)21-12(2)23)10-14-7-4-5-8-16(14)24-17(18,19)20/h4-5,7-8,13,15H,3,6,9-11H2,1-2H3,(H,21,23)/t13-,15-/m1/s1. The van der Waals surface area contributed by atoms with Crippen LogP contribution in [0.5, 0.6) is 5.75 Å². The number of para-hydroxylation sites is 1. The van der Waals surface area contributed by atoms with Crippen molar-refractivity contribution < 1.29 is 22.7 Å². The number of nitrogens with one attached hydrogen (secondary N) is 1. The largest absolute Gasteiger partial charge is 0.573 e.